The summed E-state index contributed by atoms with van der Waals surface area (Å²) in [5, 5.41) is 3.39. The quantitative estimate of drug-likeness (QED) is 0.632. The fraction of sp³-hybridized carbons (Fsp3) is 0. The van der Waals surface area contributed by atoms with Crippen molar-refractivity contribution < 1.29 is 17.5 Å². The highest BCUT2D eigenvalue weighted by atomic mass is 35.5. The number of hydrogen-bond donors (Lipinski definition) is 0. The topological polar surface area (TPSA) is 72.8 Å². The molecule has 7 heteroatoms. The number of benzene rings is 1. The number of rotatable bonds is 3. The van der Waals surface area contributed by atoms with E-state index in [9.17, 15) is 13.2 Å². The van der Waals surface area contributed by atoms with E-state index < -0.39 is 10.1 Å². The van der Waals surface area contributed by atoms with E-state index >= 15 is 0 Å². The highest BCUT2D eigenvalue weighted by Crippen LogP contribution is 2.14. The van der Waals surface area contributed by atoms with E-state index in [1.54, 1.807) is 18.2 Å². The summed E-state index contributed by atoms with van der Waals surface area (Å²) in [4.78, 5) is 11.1. The summed E-state index contributed by atoms with van der Waals surface area (Å²) in [6.07, 6.45) is 3.72. The lowest BCUT2D eigenvalue weighted by Gasteiger charge is -2.03. The third-order valence-corrected chi connectivity index (χ3v) is 3.60. The van der Waals surface area contributed by atoms with E-state index in [0.717, 1.165) is 0 Å². The van der Waals surface area contributed by atoms with Gasteiger partial charge in [0, 0.05) is 0 Å². The number of allylic oxidation sites excluding steroid dienone is 4. The van der Waals surface area contributed by atoms with Gasteiger partial charge in [0.15, 0.2) is 5.78 Å². The van der Waals surface area contributed by atoms with Crippen LogP contribution >= 0.6 is 11.6 Å². The Hall–Kier alpha value is -1.92. The van der Waals surface area contributed by atoms with Crippen molar-refractivity contribution in [1.82, 2.24) is 0 Å². The molecule has 1 aliphatic rings. The van der Waals surface area contributed by atoms with Gasteiger partial charge in [0.25, 0.3) is 0 Å². The first-order valence-corrected chi connectivity index (χ1v) is 6.94. The fourth-order valence-electron chi connectivity index (χ4n) is 1.27. The van der Waals surface area contributed by atoms with Crippen LogP contribution in [0, 0.1) is 0 Å². The van der Waals surface area contributed by atoms with Crippen LogP contribution in [-0.4, -0.2) is 19.9 Å². The molecule has 0 saturated heterocycles. The van der Waals surface area contributed by atoms with Crippen LogP contribution in [0.3, 0.4) is 0 Å². The summed E-state index contributed by atoms with van der Waals surface area (Å²) in [6.45, 7) is 0. The van der Waals surface area contributed by atoms with E-state index in [1.165, 1.54) is 30.4 Å². The lowest BCUT2D eigenvalue weighted by atomic mass is 10.2. The van der Waals surface area contributed by atoms with E-state index in [4.69, 9.17) is 11.6 Å². The molecule has 0 fully saturated rings. The summed E-state index contributed by atoms with van der Waals surface area (Å²) in [5.74, 6) is -0.369. The Morgan fingerprint density at radius 1 is 1.11 bits per heavy atom. The molecule has 1 aliphatic carbocycles. The van der Waals surface area contributed by atoms with Gasteiger partial charge in [-0.2, -0.15) is 8.42 Å². The highest BCUT2D eigenvalue weighted by molar-refractivity contribution is 7.86. The number of hydrogen-bond acceptors (Lipinski definition) is 5. The molecule has 0 unspecified atom stereocenters. The van der Waals surface area contributed by atoms with Crippen molar-refractivity contribution in [2.24, 2.45) is 5.16 Å². The third-order valence-electron chi connectivity index (χ3n) is 2.19. The molecule has 2 rings (SSSR count). The average Bonchev–Trinajstić information content (AvgIpc) is 2.41. The van der Waals surface area contributed by atoms with Gasteiger partial charge in [0.1, 0.15) is 10.6 Å². The second-order valence-corrected chi connectivity index (χ2v) is 5.48. The smallest absolute Gasteiger partial charge is 0.288 e. The summed E-state index contributed by atoms with van der Waals surface area (Å²) < 4.78 is 28.0. The highest BCUT2D eigenvalue weighted by Gasteiger charge is 2.16. The second-order valence-electron chi connectivity index (χ2n) is 3.55. The standard InChI is InChI=1S/C12H8ClNO4S/c13-11-8-9(6-7-12(11)15)14-18-19(16,17)10-4-2-1-3-5-10/h1-8H/b14-9+. The van der Waals surface area contributed by atoms with E-state index in [2.05, 4.69) is 9.44 Å². The first-order chi connectivity index (χ1) is 8.99. The van der Waals surface area contributed by atoms with Crippen LogP contribution in [0.2, 0.25) is 0 Å². The summed E-state index contributed by atoms with van der Waals surface area (Å²) in [6, 6.07) is 7.60. The zero-order valence-electron chi connectivity index (χ0n) is 9.49. The largest absolute Gasteiger partial charge is 0.358 e. The number of carbonyl (C=O) groups is 1. The minimum absolute atomic E-state index is 0.00899. The molecule has 0 heterocycles. The Labute approximate surface area is 114 Å². The van der Waals surface area contributed by atoms with Gasteiger partial charge in [-0.15, -0.1) is 0 Å². The van der Waals surface area contributed by atoms with Crippen molar-refractivity contribution in [2.75, 3.05) is 0 Å². The molecule has 5 nitrogen and oxygen atoms in total. The summed E-state index contributed by atoms with van der Waals surface area (Å²) >= 11 is 5.60. The van der Waals surface area contributed by atoms with Crippen molar-refractivity contribution >= 4 is 33.2 Å². The normalized spacial score (nSPS) is 17.4. The predicted molar refractivity (Wildman–Crippen MR) is 70.2 cm³/mol. The molecule has 0 amide bonds. The van der Waals surface area contributed by atoms with Gasteiger partial charge in [-0.05, 0) is 30.4 Å². The van der Waals surface area contributed by atoms with Crippen LogP contribution in [0.4, 0.5) is 0 Å². The van der Waals surface area contributed by atoms with Crippen LogP contribution in [0.1, 0.15) is 0 Å². The van der Waals surface area contributed by atoms with Crippen molar-refractivity contribution in [3.63, 3.8) is 0 Å². The maximum Gasteiger partial charge on any atom is 0.358 e. The Kier molecular flexibility index (Phi) is 3.82. The Balaban J connectivity index is 2.20. The number of oxime groups is 1. The Morgan fingerprint density at radius 3 is 2.42 bits per heavy atom. The maximum atomic E-state index is 11.7. The fourth-order valence-corrected chi connectivity index (χ4v) is 2.20. The van der Waals surface area contributed by atoms with E-state index in [-0.39, 0.29) is 21.4 Å². The predicted octanol–water partition coefficient (Wildman–Crippen LogP) is 2.01. The van der Waals surface area contributed by atoms with Crippen LogP contribution in [0.5, 0.6) is 0 Å². The van der Waals surface area contributed by atoms with Gasteiger partial charge in [-0.1, -0.05) is 35.0 Å². The van der Waals surface area contributed by atoms with Crippen LogP contribution < -0.4 is 0 Å². The first-order valence-electron chi connectivity index (χ1n) is 5.15. The molecule has 1 aromatic rings. The minimum Gasteiger partial charge on any atom is -0.288 e. The molecule has 0 spiro atoms. The number of carbonyl (C=O) groups excluding carboxylic acids is 1. The summed E-state index contributed by atoms with van der Waals surface area (Å²) in [7, 11) is -3.97. The number of halogens is 1. The molecule has 0 saturated carbocycles. The zero-order chi connectivity index (χ0) is 13.9. The van der Waals surface area contributed by atoms with E-state index in [1.807, 2.05) is 0 Å². The number of ketones is 1. The molecule has 0 radical (unpaired) electrons. The first kappa shape index (κ1) is 13.5. The zero-order valence-corrected chi connectivity index (χ0v) is 11.1. The molecule has 1 aromatic carbocycles. The monoisotopic (exact) mass is 297 g/mol. The summed E-state index contributed by atoms with van der Waals surface area (Å²) in [5.41, 5.74) is 0.143. The number of nitrogens with zero attached hydrogens (tertiary/aromatic N) is 1. The molecule has 0 N–H and O–H groups in total. The molecule has 0 atom stereocenters. The van der Waals surface area contributed by atoms with Crippen molar-refractivity contribution in [1.29, 1.82) is 0 Å². The van der Waals surface area contributed by atoms with Gasteiger partial charge in [0.05, 0.1) is 5.03 Å². The molecular formula is C12H8ClNO4S. The lowest BCUT2D eigenvalue weighted by molar-refractivity contribution is -0.110. The molecular weight excluding hydrogens is 290 g/mol. The molecule has 0 aliphatic heterocycles. The Bertz CT molecular complexity index is 690. The van der Waals surface area contributed by atoms with Gasteiger partial charge in [-0.3, -0.25) is 9.08 Å². The third kappa shape index (κ3) is 3.30. The average molecular weight is 298 g/mol. The minimum atomic E-state index is -3.97. The van der Waals surface area contributed by atoms with Crippen molar-refractivity contribution in [2.45, 2.75) is 4.90 Å². The van der Waals surface area contributed by atoms with Gasteiger partial charge in [0.2, 0.25) is 0 Å². The second kappa shape index (κ2) is 5.38. The lowest BCUT2D eigenvalue weighted by Crippen LogP contribution is -2.07. The van der Waals surface area contributed by atoms with Crippen molar-refractivity contribution in [3.8, 4) is 0 Å². The molecule has 0 aromatic heterocycles. The van der Waals surface area contributed by atoms with Gasteiger partial charge < -0.3 is 0 Å². The molecule has 98 valence electrons. The maximum absolute atomic E-state index is 11.7. The van der Waals surface area contributed by atoms with Crippen LogP contribution in [0.15, 0.2) is 63.6 Å². The molecule has 0 bridgehead atoms. The van der Waals surface area contributed by atoms with Crippen molar-refractivity contribution in [3.05, 3.63) is 53.6 Å². The van der Waals surface area contributed by atoms with Crippen LogP contribution in [-0.2, 0) is 19.2 Å². The Morgan fingerprint density at radius 2 is 1.79 bits per heavy atom. The van der Waals surface area contributed by atoms with Gasteiger partial charge >= 0.3 is 10.1 Å². The van der Waals surface area contributed by atoms with Crippen LogP contribution in [0.25, 0.3) is 0 Å². The molecule has 19 heavy (non-hydrogen) atoms. The van der Waals surface area contributed by atoms with E-state index in [0.29, 0.717) is 0 Å². The SMILES string of the molecule is O=C1C=C/C(=N\OS(=O)(=O)c2ccccc2)C=C1Cl. The van der Waals surface area contributed by atoms with Gasteiger partial charge in [-0.25, -0.2) is 0 Å².